The van der Waals surface area contributed by atoms with E-state index in [-0.39, 0.29) is 0 Å². The van der Waals surface area contributed by atoms with Gasteiger partial charge in [-0.2, -0.15) is 13.2 Å². The predicted molar refractivity (Wildman–Crippen MR) is 36.5 cm³/mol. The van der Waals surface area contributed by atoms with Crippen LogP contribution in [-0.4, -0.2) is 4.98 Å². The van der Waals surface area contributed by atoms with E-state index in [4.69, 9.17) is 0 Å². The molecular formula is C6H6F3NS. The summed E-state index contributed by atoms with van der Waals surface area (Å²) in [5, 5.41) is 0.678. The number of nitrogens with zero attached hydrogens (tertiary/aromatic N) is 1. The fraction of sp³-hybridized carbons (Fsp3) is 0.500. The van der Waals surface area contributed by atoms with E-state index in [1.54, 1.807) is 6.92 Å². The van der Waals surface area contributed by atoms with Crippen molar-refractivity contribution in [2.24, 2.45) is 0 Å². The molecule has 0 atom stereocenters. The molecule has 1 rings (SSSR count). The SMILES string of the molecule is CCc1csc(C(F)(F)F)n1. The Balaban J connectivity index is 2.89. The summed E-state index contributed by atoms with van der Waals surface area (Å²) in [4.78, 5) is 3.39. The van der Waals surface area contributed by atoms with Crippen molar-refractivity contribution in [3.8, 4) is 0 Å². The molecule has 1 aromatic heterocycles. The van der Waals surface area contributed by atoms with Crippen LogP contribution in [0.5, 0.6) is 0 Å². The average molecular weight is 181 g/mol. The lowest BCUT2D eigenvalue weighted by atomic mass is 10.4. The molecule has 0 aromatic carbocycles. The summed E-state index contributed by atoms with van der Waals surface area (Å²) in [6, 6.07) is 0. The molecule has 0 aliphatic carbocycles. The Morgan fingerprint density at radius 2 is 2.18 bits per heavy atom. The van der Waals surface area contributed by atoms with Gasteiger partial charge < -0.3 is 0 Å². The van der Waals surface area contributed by atoms with E-state index in [1.807, 2.05) is 0 Å². The Morgan fingerprint density at radius 3 is 2.45 bits per heavy atom. The highest BCUT2D eigenvalue weighted by Gasteiger charge is 2.34. The summed E-state index contributed by atoms with van der Waals surface area (Å²) in [7, 11) is 0. The van der Waals surface area contributed by atoms with Gasteiger partial charge in [-0.3, -0.25) is 0 Å². The van der Waals surface area contributed by atoms with Gasteiger partial charge in [0.05, 0.1) is 5.69 Å². The van der Waals surface area contributed by atoms with E-state index < -0.39 is 11.2 Å². The van der Waals surface area contributed by atoms with Crippen molar-refractivity contribution in [1.29, 1.82) is 0 Å². The molecule has 11 heavy (non-hydrogen) atoms. The summed E-state index contributed by atoms with van der Waals surface area (Å²) in [5.74, 6) is 0. The van der Waals surface area contributed by atoms with Crippen LogP contribution in [0, 0.1) is 0 Å². The first-order valence-electron chi connectivity index (χ1n) is 3.05. The number of halogens is 3. The van der Waals surface area contributed by atoms with E-state index >= 15 is 0 Å². The quantitative estimate of drug-likeness (QED) is 0.649. The van der Waals surface area contributed by atoms with Crippen molar-refractivity contribution in [1.82, 2.24) is 4.98 Å². The maximum Gasteiger partial charge on any atom is 0.443 e. The van der Waals surface area contributed by atoms with E-state index in [0.29, 0.717) is 23.5 Å². The molecule has 0 aliphatic rings. The molecule has 1 nitrogen and oxygen atoms in total. The summed E-state index contributed by atoms with van der Waals surface area (Å²) in [6.45, 7) is 1.77. The van der Waals surface area contributed by atoms with Gasteiger partial charge in [-0.25, -0.2) is 4.98 Å². The number of hydrogen-bond acceptors (Lipinski definition) is 2. The standard InChI is InChI=1S/C6H6F3NS/c1-2-4-3-11-5(10-4)6(7,8)9/h3H,2H2,1H3. The smallest absolute Gasteiger partial charge is 0.237 e. The largest absolute Gasteiger partial charge is 0.443 e. The molecular weight excluding hydrogens is 175 g/mol. The van der Waals surface area contributed by atoms with Gasteiger partial charge >= 0.3 is 6.18 Å². The highest BCUT2D eigenvalue weighted by Crippen LogP contribution is 2.31. The van der Waals surface area contributed by atoms with Gasteiger partial charge in [-0.05, 0) is 6.42 Å². The number of aromatic nitrogens is 1. The first kappa shape index (κ1) is 8.52. The second-order valence-corrected chi connectivity index (χ2v) is 2.85. The Labute approximate surface area is 65.9 Å². The van der Waals surface area contributed by atoms with Gasteiger partial charge in [-0.15, -0.1) is 11.3 Å². The lowest BCUT2D eigenvalue weighted by Gasteiger charge is -1.98. The van der Waals surface area contributed by atoms with Crippen LogP contribution in [0.3, 0.4) is 0 Å². The molecule has 1 heterocycles. The number of alkyl halides is 3. The highest BCUT2D eigenvalue weighted by molar-refractivity contribution is 7.09. The second-order valence-electron chi connectivity index (χ2n) is 2.00. The summed E-state index contributed by atoms with van der Waals surface area (Å²) < 4.78 is 35.7. The van der Waals surface area contributed by atoms with Crippen LogP contribution in [0.4, 0.5) is 13.2 Å². The van der Waals surface area contributed by atoms with E-state index in [0.717, 1.165) is 0 Å². The van der Waals surface area contributed by atoms with Crippen molar-refractivity contribution in [3.63, 3.8) is 0 Å². The van der Waals surface area contributed by atoms with E-state index in [9.17, 15) is 13.2 Å². The van der Waals surface area contributed by atoms with Crippen molar-refractivity contribution in [2.75, 3.05) is 0 Å². The minimum absolute atomic E-state index is 0.502. The van der Waals surface area contributed by atoms with E-state index in [2.05, 4.69) is 4.98 Å². The van der Waals surface area contributed by atoms with Gasteiger partial charge in [-0.1, -0.05) is 6.92 Å². The van der Waals surface area contributed by atoms with Gasteiger partial charge in [0.25, 0.3) is 0 Å². The minimum Gasteiger partial charge on any atom is -0.237 e. The molecule has 0 saturated heterocycles. The molecule has 5 heteroatoms. The van der Waals surface area contributed by atoms with Crippen LogP contribution in [0.25, 0.3) is 0 Å². The molecule has 0 aliphatic heterocycles. The number of hydrogen-bond donors (Lipinski definition) is 0. The Hall–Kier alpha value is -0.580. The maximum absolute atomic E-state index is 11.9. The van der Waals surface area contributed by atoms with Crippen LogP contribution in [0.15, 0.2) is 5.38 Å². The fourth-order valence-electron chi connectivity index (χ4n) is 0.600. The molecule has 0 spiro atoms. The molecule has 0 fully saturated rings. The molecule has 0 unspecified atom stereocenters. The molecule has 0 N–H and O–H groups in total. The molecule has 0 saturated carbocycles. The zero-order valence-electron chi connectivity index (χ0n) is 5.77. The normalized spacial score (nSPS) is 12.0. The molecule has 0 radical (unpaired) electrons. The second kappa shape index (κ2) is 2.81. The molecule has 0 amide bonds. The van der Waals surface area contributed by atoms with Crippen molar-refractivity contribution < 1.29 is 13.2 Å². The van der Waals surface area contributed by atoms with E-state index in [1.165, 1.54) is 5.38 Å². The lowest BCUT2D eigenvalue weighted by molar-refractivity contribution is -0.137. The van der Waals surface area contributed by atoms with Crippen LogP contribution in [-0.2, 0) is 12.6 Å². The molecule has 0 bridgehead atoms. The summed E-state index contributed by atoms with van der Waals surface area (Å²) >= 11 is 0.645. The van der Waals surface area contributed by atoms with Crippen molar-refractivity contribution in [3.05, 3.63) is 16.1 Å². The number of thiazole rings is 1. The zero-order valence-corrected chi connectivity index (χ0v) is 6.59. The topological polar surface area (TPSA) is 12.9 Å². The third kappa shape index (κ3) is 1.92. The Kier molecular flexibility index (Phi) is 2.17. The summed E-state index contributed by atoms with van der Waals surface area (Å²) in [5.41, 5.74) is 0.502. The Bertz CT molecular complexity index is 240. The number of aryl methyl sites for hydroxylation is 1. The average Bonchev–Trinajstić information content (AvgIpc) is 2.32. The fourth-order valence-corrected chi connectivity index (χ4v) is 1.37. The van der Waals surface area contributed by atoms with Gasteiger partial charge in [0.1, 0.15) is 0 Å². The first-order chi connectivity index (χ1) is 5.04. The lowest BCUT2D eigenvalue weighted by Crippen LogP contribution is -2.03. The summed E-state index contributed by atoms with van der Waals surface area (Å²) in [6.07, 6.45) is -3.73. The first-order valence-corrected chi connectivity index (χ1v) is 3.93. The predicted octanol–water partition coefficient (Wildman–Crippen LogP) is 2.72. The van der Waals surface area contributed by atoms with Crippen molar-refractivity contribution >= 4 is 11.3 Å². The van der Waals surface area contributed by atoms with Crippen LogP contribution >= 0.6 is 11.3 Å². The third-order valence-corrected chi connectivity index (χ3v) is 2.09. The third-order valence-electron chi connectivity index (χ3n) is 1.16. The maximum atomic E-state index is 11.9. The monoisotopic (exact) mass is 181 g/mol. The molecule has 62 valence electrons. The van der Waals surface area contributed by atoms with Crippen LogP contribution < -0.4 is 0 Å². The minimum atomic E-state index is -4.28. The van der Waals surface area contributed by atoms with Crippen molar-refractivity contribution in [2.45, 2.75) is 19.5 Å². The molecule has 1 aromatic rings. The van der Waals surface area contributed by atoms with Gasteiger partial charge in [0.15, 0.2) is 5.01 Å². The zero-order chi connectivity index (χ0) is 8.48. The highest BCUT2D eigenvalue weighted by atomic mass is 32.1. The number of rotatable bonds is 1. The Morgan fingerprint density at radius 1 is 1.55 bits per heavy atom. The van der Waals surface area contributed by atoms with Gasteiger partial charge in [0, 0.05) is 5.38 Å². The van der Waals surface area contributed by atoms with Crippen LogP contribution in [0.1, 0.15) is 17.6 Å². The van der Waals surface area contributed by atoms with Gasteiger partial charge in [0.2, 0.25) is 0 Å². The van der Waals surface area contributed by atoms with Crippen LogP contribution in [0.2, 0.25) is 0 Å².